The van der Waals surface area contributed by atoms with Crippen LogP contribution in [0.15, 0.2) is 16.8 Å². The molecule has 2 nitrogen and oxygen atoms in total. The molecule has 1 aromatic rings. The maximum absolute atomic E-state index is 5.26. The van der Waals surface area contributed by atoms with Crippen LogP contribution in [0, 0.1) is 0 Å². The predicted molar refractivity (Wildman–Crippen MR) is 71.1 cm³/mol. The molecule has 0 saturated heterocycles. The van der Waals surface area contributed by atoms with Crippen molar-refractivity contribution in [3.8, 4) is 0 Å². The number of hydrogen-bond acceptors (Lipinski definition) is 3. The highest BCUT2D eigenvalue weighted by molar-refractivity contribution is 7.07. The van der Waals surface area contributed by atoms with Gasteiger partial charge in [-0.1, -0.05) is 19.8 Å². The Hall–Kier alpha value is -0.380. The van der Waals surface area contributed by atoms with E-state index in [1.807, 2.05) is 0 Å². The van der Waals surface area contributed by atoms with Crippen molar-refractivity contribution in [3.63, 3.8) is 0 Å². The van der Waals surface area contributed by atoms with Crippen LogP contribution in [-0.4, -0.2) is 19.8 Å². The van der Waals surface area contributed by atoms with E-state index in [1.54, 1.807) is 18.4 Å². The van der Waals surface area contributed by atoms with Crippen molar-refractivity contribution >= 4 is 11.3 Å². The smallest absolute Gasteiger partial charge is 0.0616 e. The monoisotopic (exact) mass is 241 g/mol. The zero-order valence-corrected chi connectivity index (χ0v) is 11.3. The molecule has 1 heterocycles. The molecule has 0 aliphatic rings. The van der Waals surface area contributed by atoms with Gasteiger partial charge in [0.1, 0.15) is 0 Å². The lowest BCUT2D eigenvalue weighted by molar-refractivity contribution is 0.156. The minimum atomic E-state index is 0.420. The van der Waals surface area contributed by atoms with E-state index in [0.717, 1.165) is 6.61 Å². The van der Waals surface area contributed by atoms with E-state index >= 15 is 0 Å². The summed E-state index contributed by atoms with van der Waals surface area (Å²) in [6.45, 7) is 5.25. The van der Waals surface area contributed by atoms with E-state index in [-0.39, 0.29) is 0 Å². The highest BCUT2D eigenvalue weighted by Crippen LogP contribution is 2.17. The Balaban J connectivity index is 2.40. The lowest BCUT2D eigenvalue weighted by Gasteiger charge is -2.22. The molecule has 1 N–H and O–H groups in total. The number of unbranched alkanes of at least 4 members (excludes halogenated alkanes) is 1. The summed E-state index contributed by atoms with van der Waals surface area (Å²) in [6, 6.07) is 3.08. The molecule has 0 aliphatic carbocycles. The maximum atomic E-state index is 5.26. The number of methoxy groups -OCH3 is 1. The fourth-order valence-electron chi connectivity index (χ4n) is 1.84. The van der Waals surface area contributed by atoms with E-state index in [4.69, 9.17) is 4.74 Å². The Labute approximate surface area is 103 Å². The van der Waals surface area contributed by atoms with Crippen molar-refractivity contribution in [2.75, 3.05) is 13.7 Å². The van der Waals surface area contributed by atoms with Crippen LogP contribution in [0.4, 0.5) is 0 Å². The highest BCUT2D eigenvalue weighted by atomic mass is 32.1. The molecule has 0 saturated carbocycles. The predicted octanol–water partition coefficient (Wildman–Crippen LogP) is 3.60. The third-order valence-electron chi connectivity index (χ3n) is 2.80. The minimum absolute atomic E-state index is 0.420. The Morgan fingerprint density at radius 1 is 1.50 bits per heavy atom. The normalized spacial score (nSPS) is 14.9. The van der Waals surface area contributed by atoms with Gasteiger partial charge < -0.3 is 10.1 Å². The average molecular weight is 241 g/mol. The molecule has 0 aliphatic heterocycles. The standard InChI is InChI=1S/C13H23NOS/c1-4-5-6-13(9-15-3)14-11(2)12-7-8-16-10-12/h7-8,10-11,13-14H,4-6,9H2,1-3H3. The van der Waals surface area contributed by atoms with E-state index in [0.29, 0.717) is 12.1 Å². The molecule has 0 radical (unpaired) electrons. The first-order chi connectivity index (χ1) is 7.77. The maximum Gasteiger partial charge on any atom is 0.0616 e. The summed E-state index contributed by atoms with van der Waals surface area (Å²) >= 11 is 1.75. The van der Waals surface area contributed by atoms with E-state index in [1.165, 1.54) is 24.8 Å². The molecule has 0 aromatic carbocycles. The van der Waals surface area contributed by atoms with Crippen LogP contribution in [0.2, 0.25) is 0 Å². The Morgan fingerprint density at radius 3 is 2.88 bits per heavy atom. The summed E-state index contributed by atoms with van der Waals surface area (Å²) in [4.78, 5) is 0. The van der Waals surface area contributed by atoms with E-state index in [2.05, 4.69) is 36.0 Å². The van der Waals surface area contributed by atoms with Gasteiger partial charge in [0.05, 0.1) is 6.61 Å². The van der Waals surface area contributed by atoms with E-state index < -0.39 is 0 Å². The first-order valence-electron chi connectivity index (χ1n) is 6.05. The van der Waals surface area contributed by atoms with Crippen LogP contribution >= 0.6 is 11.3 Å². The third kappa shape index (κ3) is 4.64. The summed E-state index contributed by atoms with van der Waals surface area (Å²) in [5.41, 5.74) is 1.38. The molecular weight excluding hydrogens is 218 g/mol. The summed E-state index contributed by atoms with van der Waals surface area (Å²) < 4.78 is 5.26. The van der Waals surface area contributed by atoms with Crippen LogP contribution in [0.1, 0.15) is 44.7 Å². The van der Waals surface area contributed by atoms with Crippen molar-refractivity contribution < 1.29 is 4.74 Å². The number of hydrogen-bond donors (Lipinski definition) is 1. The number of nitrogens with one attached hydrogen (secondary N) is 1. The molecule has 2 unspecified atom stereocenters. The van der Waals surface area contributed by atoms with Gasteiger partial charge in [0, 0.05) is 19.2 Å². The summed E-state index contributed by atoms with van der Waals surface area (Å²) in [5.74, 6) is 0. The molecular formula is C13H23NOS. The number of thiophene rings is 1. The summed E-state index contributed by atoms with van der Waals surface area (Å²) in [6.07, 6.45) is 3.70. The molecule has 3 heteroatoms. The van der Waals surface area contributed by atoms with Gasteiger partial charge in [0.25, 0.3) is 0 Å². The van der Waals surface area contributed by atoms with Crippen molar-refractivity contribution in [2.45, 2.75) is 45.2 Å². The van der Waals surface area contributed by atoms with Crippen LogP contribution in [-0.2, 0) is 4.74 Å². The number of ether oxygens (including phenoxy) is 1. The molecule has 0 bridgehead atoms. The second kappa shape index (κ2) is 7.82. The van der Waals surface area contributed by atoms with Crippen molar-refractivity contribution in [1.29, 1.82) is 0 Å². The van der Waals surface area contributed by atoms with Gasteiger partial charge in [-0.05, 0) is 35.7 Å². The first kappa shape index (κ1) is 13.7. The average Bonchev–Trinajstić information content (AvgIpc) is 2.79. The van der Waals surface area contributed by atoms with Gasteiger partial charge in [-0.2, -0.15) is 11.3 Å². The number of rotatable bonds is 8. The second-order valence-electron chi connectivity index (χ2n) is 4.24. The second-order valence-corrected chi connectivity index (χ2v) is 5.02. The molecule has 92 valence electrons. The molecule has 0 spiro atoms. The minimum Gasteiger partial charge on any atom is -0.383 e. The SMILES string of the molecule is CCCCC(COC)NC(C)c1ccsc1. The fourth-order valence-corrected chi connectivity index (χ4v) is 2.59. The Kier molecular flexibility index (Phi) is 6.69. The topological polar surface area (TPSA) is 21.3 Å². The van der Waals surface area contributed by atoms with Crippen molar-refractivity contribution in [2.24, 2.45) is 0 Å². The molecule has 0 fully saturated rings. The zero-order valence-electron chi connectivity index (χ0n) is 10.5. The van der Waals surface area contributed by atoms with Gasteiger partial charge in [-0.25, -0.2) is 0 Å². The third-order valence-corrected chi connectivity index (χ3v) is 3.50. The molecule has 1 rings (SSSR count). The van der Waals surface area contributed by atoms with Crippen molar-refractivity contribution in [3.05, 3.63) is 22.4 Å². The highest BCUT2D eigenvalue weighted by Gasteiger charge is 2.12. The van der Waals surface area contributed by atoms with Crippen LogP contribution in [0.5, 0.6) is 0 Å². The largest absolute Gasteiger partial charge is 0.383 e. The molecule has 1 aromatic heterocycles. The van der Waals surface area contributed by atoms with Gasteiger partial charge in [-0.3, -0.25) is 0 Å². The van der Waals surface area contributed by atoms with E-state index in [9.17, 15) is 0 Å². The lowest BCUT2D eigenvalue weighted by Crippen LogP contribution is -2.35. The molecule has 0 amide bonds. The lowest BCUT2D eigenvalue weighted by atomic mass is 10.1. The zero-order chi connectivity index (χ0) is 11.8. The van der Waals surface area contributed by atoms with Crippen molar-refractivity contribution in [1.82, 2.24) is 5.32 Å². The Bertz CT molecular complexity index is 261. The summed E-state index contributed by atoms with van der Waals surface area (Å²) in [5, 5.41) is 7.98. The van der Waals surface area contributed by atoms with Gasteiger partial charge in [0.2, 0.25) is 0 Å². The van der Waals surface area contributed by atoms with Crippen LogP contribution < -0.4 is 5.32 Å². The summed E-state index contributed by atoms with van der Waals surface area (Å²) in [7, 11) is 1.77. The quantitative estimate of drug-likeness (QED) is 0.751. The van der Waals surface area contributed by atoms with Crippen LogP contribution in [0.25, 0.3) is 0 Å². The van der Waals surface area contributed by atoms with Gasteiger partial charge in [-0.15, -0.1) is 0 Å². The van der Waals surface area contributed by atoms with Gasteiger partial charge in [0.15, 0.2) is 0 Å². The van der Waals surface area contributed by atoms with Crippen LogP contribution in [0.3, 0.4) is 0 Å². The molecule has 16 heavy (non-hydrogen) atoms. The first-order valence-corrected chi connectivity index (χ1v) is 6.99. The molecule has 2 atom stereocenters. The fraction of sp³-hybridized carbons (Fsp3) is 0.692. The Morgan fingerprint density at radius 2 is 2.31 bits per heavy atom. The van der Waals surface area contributed by atoms with Gasteiger partial charge >= 0.3 is 0 Å².